The van der Waals surface area contributed by atoms with Crippen LogP contribution in [0.1, 0.15) is 5.56 Å². The van der Waals surface area contributed by atoms with Gasteiger partial charge in [-0.15, -0.1) is 0 Å². The van der Waals surface area contributed by atoms with Crippen molar-refractivity contribution in [2.45, 2.75) is 6.61 Å². The Balaban J connectivity index is 2.53. The van der Waals surface area contributed by atoms with Crippen molar-refractivity contribution in [1.82, 2.24) is 0 Å². The zero-order valence-electron chi connectivity index (χ0n) is 6.16. The number of halogens is 1. The summed E-state index contributed by atoms with van der Waals surface area (Å²) in [7, 11) is -2.89. The van der Waals surface area contributed by atoms with E-state index in [1.165, 1.54) is 24.3 Å². The first kappa shape index (κ1) is 9.39. The van der Waals surface area contributed by atoms with Crippen LogP contribution in [0.3, 0.4) is 0 Å². The van der Waals surface area contributed by atoms with Gasteiger partial charge in [-0.3, -0.25) is 4.57 Å². The lowest BCUT2D eigenvalue weighted by atomic mass is 10.2. The monoisotopic (exact) mass is 190 g/mol. The molecule has 1 unspecified atom stereocenters. The summed E-state index contributed by atoms with van der Waals surface area (Å²) in [5, 5.41) is 0. The molecular formula is C7H8FO3P. The number of hydrogen-bond donors (Lipinski definition) is 1. The molecule has 0 aliphatic carbocycles. The van der Waals surface area contributed by atoms with E-state index in [1.807, 2.05) is 0 Å². The molecule has 1 N–H and O–H groups in total. The number of benzene rings is 1. The molecule has 1 aromatic carbocycles. The van der Waals surface area contributed by atoms with Crippen LogP contribution in [0.15, 0.2) is 24.3 Å². The van der Waals surface area contributed by atoms with E-state index in [4.69, 9.17) is 4.89 Å². The van der Waals surface area contributed by atoms with Crippen molar-refractivity contribution in [3.8, 4) is 0 Å². The predicted molar refractivity (Wildman–Crippen MR) is 42.4 cm³/mol. The van der Waals surface area contributed by atoms with Gasteiger partial charge in [-0.25, -0.2) is 4.39 Å². The van der Waals surface area contributed by atoms with Crippen molar-refractivity contribution in [3.63, 3.8) is 0 Å². The molecule has 0 radical (unpaired) electrons. The van der Waals surface area contributed by atoms with E-state index in [9.17, 15) is 8.96 Å². The van der Waals surface area contributed by atoms with E-state index in [1.54, 1.807) is 0 Å². The molecule has 0 bridgehead atoms. The Labute approximate surface area is 69.7 Å². The molecule has 3 nitrogen and oxygen atoms in total. The Morgan fingerprint density at radius 2 is 2.00 bits per heavy atom. The maximum Gasteiger partial charge on any atom is 0.316 e. The third kappa shape index (κ3) is 3.13. The second-order valence-corrected chi connectivity index (χ2v) is 3.00. The summed E-state index contributed by atoms with van der Waals surface area (Å²) in [5.41, 5.74) is 0.670. The topological polar surface area (TPSA) is 46.5 Å². The normalized spacial score (nSPS) is 12.8. The molecule has 0 aliphatic rings. The fraction of sp³-hybridized carbons (Fsp3) is 0.143. The SMILES string of the molecule is O=[PH](O)OCc1ccc(F)cc1. The van der Waals surface area contributed by atoms with Gasteiger partial charge >= 0.3 is 8.25 Å². The third-order valence-electron chi connectivity index (χ3n) is 1.28. The lowest BCUT2D eigenvalue weighted by Gasteiger charge is -1.99. The summed E-state index contributed by atoms with van der Waals surface area (Å²) in [4.78, 5) is 8.32. The second kappa shape index (κ2) is 4.36. The second-order valence-electron chi connectivity index (χ2n) is 2.18. The highest BCUT2D eigenvalue weighted by Crippen LogP contribution is 2.17. The summed E-state index contributed by atoms with van der Waals surface area (Å²) >= 11 is 0. The van der Waals surface area contributed by atoms with E-state index in [0.29, 0.717) is 5.56 Å². The van der Waals surface area contributed by atoms with Crippen molar-refractivity contribution in [2.24, 2.45) is 0 Å². The molecule has 12 heavy (non-hydrogen) atoms. The smallest absolute Gasteiger partial charge is 0.316 e. The van der Waals surface area contributed by atoms with Gasteiger partial charge in [0, 0.05) is 0 Å². The Bertz CT molecular complexity index is 272. The Morgan fingerprint density at radius 3 is 2.50 bits per heavy atom. The van der Waals surface area contributed by atoms with Crippen LogP contribution in [-0.4, -0.2) is 4.89 Å². The Hall–Kier alpha value is -0.700. The Kier molecular flexibility index (Phi) is 3.41. The molecule has 0 fully saturated rings. The highest BCUT2D eigenvalue weighted by Gasteiger charge is 1.95. The van der Waals surface area contributed by atoms with Gasteiger partial charge in [0.1, 0.15) is 5.82 Å². The van der Waals surface area contributed by atoms with Gasteiger partial charge in [0.05, 0.1) is 6.61 Å². The third-order valence-corrected chi connectivity index (χ3v) is 1.67. The van der Waals surface area contributed by atoms with Crippen LogP contribution >= 0.6 is 8.25 Å². The molecule has 1 atom stereocenters. The fourth-order valence-corrected chi connectivity index (χ4v) is 1.02. The Morgan fingerprint density at radius 1 is 1.42 bits per heavy atom. The van der Waals surface area contributed by atoms with Gasteiger partial charge in [-0.1, -0.05) is 12.1 Å². The average molecular weight is 190 g/mol. The van der Waals surface area contributed by atoms with E-state index < -0.39 is 8.25 Å². The summed E-state index contributed by atoms with van der Waals surface area (Å²) in [6.07, 6.45) is 0. The first-order chi connectivity index (χ1) is 5.68. The van der Waals surface area contributed by atoms with Crippen molar-refractivity contribution in [3.05, 3.63) is 35.6 Å². The van der Waals surface area contributed by atoms with Gasteiger partial charge in [0.15, 0.2) is 0 Å². The minimum Gasteiger partial charge on any atom is -0.326 e. The molecule has 1 rings (SSSR count). The zero-order chi connectivity index (χ0) is 8.97. The van der Waals surface area contributed by atoms with Crippen LogP contribution in [0, 0.1) is 5.82 Å². The van der Waals surface area contributed by atoms with Crippen LogP contribution in [0.5, 0.6) is 0 Å². The standard InChI is InChI=1S/C7H8FO3P/c8-7-3-1-6(2-4-7)5-11-12(9)10/h1-4,12H,5H2,(H,9,10). The molecule has 1 aromatic rings. The lowest BCUT2D eigenvalue weighted by Crippen LogP contribution is -1.85. The van der Waals surface area contributed by atoms with Crippen molar-refractivity contribution in [1.29, 1.82) is 0 Å². The fourth-order valence-electron chi connectivity index (χ4n) is 0.726. The highest BCUT2D eigenvalue weighted by atomic mass is 31.1. The molecule has 0 saturated heterocycles. The molecule has 0 amide bonds. The van der Waals surface area contributed by atoms with Crippen molar-refractivity contribution < 1.29 is 18.4 Å². The zero-order valence-corrected chi connectivity index (χ0v) is 7.16. The lowest BCUT2D eigenvalue weighted by molar-refractivity contribution is 0.272. The summed E-state index contributed by atoms with van der Waals surface area (Å²) in [6, 6.07) is 5.54. The van der Waals surface area contributed by atoms with Crippen LogP contribution in [0.2, 0.25) is 0 Å². The largest absolute Gasteiger partial charge is 0.326 e. The molecule has 0 heterocycles. The summed E-state index contributed by atoms with van der Waals surface area (Å²) in [6.45, 7) is 0.0363. The highest BCUT2D eigenvalue weighted by molar-refractivity contribution is 7.32. The average Bonchev–Trinajstić information content (AvgIpc) is 2.03. The van der Waals surface area contributed by atoms with Crippen LogP contribution in [0.25, 0.3) is 0 Å². The van der Waals surface area contributed by atoms with E-state index in [-0.39, 0.29) is 12.4 Å². The first-order valence-electron chi connectivity index (χ1n) is 3.28. The van der Waals surface area contributed by atoms with Gasteiger partial charge in [-0.2, -0.15) is 0 Å². The summed E-state index contributed by atoms with van der Waals surface area (Å²) in [5.74, 6) is -0.338. The molecule has 0 aliphatic heterocycles. The van der Waals surface area contributed by atoms with Gasteiger partial charge in [-0.05, 0) is 17.7 Å². The molecular weight excluding hydrogens is 182 g/mol. The summed E-state index contributed by atoms with van der Waals surface area (Å²) < 4.78 is 26.9. The van der Waals surface area contributed by atoms with Crippen LogP contribution in [-0.2, 0) is 15.7 Å². The van der Waals surface area contributed by atoms with Crippen molar-refractivity contribution in [2.75, 3.05) is 0 Å². The predicted octanol–water partition coefficient (Wildman–Crippen LogP) is 1.72. The molecule has 0 spiro atoms. The van der Waals surface area contributed by atoms with Crippen molar-refractivity contribution >= 4 is 8.25 Å². The molecule has 66 valence electrons. The first-order valence-corrected chi connectivity index (χ1v) is 4.55. The molecule has 0 saturated carbocycles. The van der Waals surface area contributed by atoms with Gasteiger partial charge < -0.3 is 9.42 Å². The van der Waals surface area contributed by atoms with E-state index in [2.05, 4.69) is 4.52 Å². The maximum absolute atomic E-state index is 12.3. The van der Waals surface area contributed by atoms with Gasteiger partial charge in [0.25, 0.3) is 0 Å². The maximum atomic E-state index is 12.3. The minimum atomic E-state index is -2.89. The van der Waals surface area contributed by atoms with E-state index >= 15 is 0 Å². The quantitative estimate of drug-likeness (QED) is 0.738. The van der Waals surface area contributed by atoms with Crippen LogP contribution in [0.4, 0.5) is 4.39 Å². The molecule has 5 heteroatoms. The number of hydrogen-bond acceptors (Lipinski definition) is 2. The molecule has 0 aromatic heterocycles. The minimum absolute atomic E-state index is 0.0363. The number of rotatable bonds is 3. The van der Waals surface area contributed by atoms with Gasteiger partial charge in [0.2, 0.25) is 0 Å². The van der Waals surface area contributed by atoms with E-state index in [0.717, 1.165) is 0 Å². The van der Waals surface area contributed by atoms with Crippen LogP contribution < -0.4 is 0 Å².